The average Bonchev–Trinajstić information content (AvgIpc) is 3.26. The van der Waals surface area contributed by atoms with E-state index in [2.05, 4.69) is 20.2 Å². The number of halogens is 4. The highest BCUT2D eigenvalue weighted by molar-refractivity contribution is 6.01. The molecule has 39 heavy (non-hydrogen) atoms. The van der Waals surface area contributed by atoms with E-state index in [-0.39, 0.29) is 16.9 Å². The second kappa shape index (κ2) is 10.3. The molecule has 0 saturated heterocycles. The largest absolute Gasteiger partial charge is 0.478 e. The Morgan fingerprint density at radius 1 is 1.13 bits per heavy atom. The number of carboxylic acids is 1. The molecule has 0 amide bonds. The maximum atomic E-state index is 14.5. The number of allylic oxidation sites excluding steroid dienone is 1. The summed E-state index contributed by atoms with van der Waals surface area (Å²) in [6.45, 7) is 0. The fourth-order valence-corrected chi connectivity index (χ4v) is 4.67. The molecular formula is C28H22F4N4O3. The van der Waals surface area contributed by atoms with Crippen molar-refractivity contribution >= 4 is 34.1 Å². The van der Waals surface area contributed by atoms with Crippen LogP contribution in [0.25, 0.3) is 28.1 Å². The number of carboxylic acid groups (broad SMARTS) is 1. The predicted molar refractivity (Wildman–Crippen MR) is 136 cm³/mol. The van der Waals surface area contributed by atoms with E-state index < -0.39 is 29.8 Å². The van der Waals surface area contributed by atoms with Gasteiger partial charge in [0.05, 0.1) is 18.0 Å². The Hall–Kier alpha value is -4.54. The Labute approximate surface area is 219 Å². The number of aromatic nitrogens is 4. The number of methoxy groups -OCH3 is 1. The lowest BCUT2D eigenvalue weighted by atomic mass is 9.73. The monoisotopic (exact) mass is 538 g/mol. The van der Waals surface area contributed by atoms with Crippen LogP contribution in [0.1, 0.15) is 47.2 Å². The molecule has 11 heteroatoms. The minimum atomic E-state index is -4.79. The lowest BCUT2D eigenvalue weighted by Gasteiger charge is -2.32. The van der Waals surface area contributed by atoms with Crippen LogP contribution in [0, 0.1) is 11.9 Å². The number of carbonyl (C=O) groups is 1. The number of nitrogens with zero attached hydrogens (tertiary/aromatic N) is 3. The highest BCUT2D eigenvalue weighted by Crippen LogP contribution is 2.48. The lowest BCUT2D eigenvalue weighted by Crippen LogP contribution is -2.20. The molecule has 0 aliphatic heterocycles. The van der Waals surface area contributed by atoms with Gasteiger partial charge in [0.2, 0.25) is 5.95 Å². The first-order valence-corrected chi connectivity index (χ1v) is 12.0. The Balaban J connectivity index is 1.82. The molecule has 7 nitrogen and oxygen atoms in total. The van der Waals surface area contributed by atoms with E-state index in [0.717, 1.165) is 18.7 Å². The van der Waals surface area contributed by atoms with E-state index in [1.54, 1.807) is 42.5 Å². The van der Waals surface area contributed by atoms with Crippen LogP contribution in [-0.2, 0) is 11.0 Å². The number of hydrogen-bond acceptors (Lipinski definition) is 5. The third kappa shape index (κ3) is 5.25. The standard InChI is InChI=1S/C28H22F4N4O3/c1-39-27-33-14-20(25(34-27)28(30,31)32)24(16-3-2-4-16)23(17-8-5-15(6-9-17)7-12-22(37)38)18-10-11-21-19(13-18)26(29)36-35-21/h5-14,16H,2-4H2,1H3,(H,35,36)(H,37,38). The highest BCUT2D eigenvalue weighted by atomic mass is 19.4. The molecule has 4 aromatic rings. The van der Waals surface area contributed by atoms with Crippen LogP contribution >= 0.6 is 0 Å². The fourth-order valence-electron chi connectivity index (χ4n) is 4.67. The number of hydrogen-bond donors (Lipinski definition) is 2. The molecule has 5 rings (SSSR count). The molecule has 0 unspecified atom stereocenters. The summed E-state index contributed by atoms with van der Waals surface area (Å²) in [4.78, 5) is 18.6. The lowest BCUT2D eigenvalue weighted by molar-refractivity contribution is -0.141. The van der Waals surface area contributed by atoms with Crippen molar-refractivity contribution in [1.82, 2.24) is 20.2 Å². The Morgan fingerprint density at radius 3 is 2.46 bits per heavy atom. The van der Waals surface area contributed by atoms with Gasteiger partial charge in [0.1, 0.15) is 0 Å². The third-order valence-electron chi connectivity index (χ3n) is 6.70. The zero-order valence-electron chi connectivity index (χ0n) is 20.6. The SMILES string of the molecule is COc1ncc(C(=C(c2ccc(C=CC(=O)O)cc2)c2ccc3n[nH]c(F)c3c2)C2CCC2)c(C(F)(F)F)n1. The second-order valence-electron chi connectivity index (χ2n) is 9.10. The Bertz CT molecular complexity index is 1600. The van der Waals surface area contributed by atoms with Crippen molar-refractivity contribution in [2.24, 2.45) is 5.92 Å². The summed E-state index contributed by atoms with van der Waals surface area (Å²) in [7, 11) is 1.19. The molecule has 0 spiro atoms. The van der Waals surface area contributed by atoms with E-state index in [1.165, 1.54) is 13.2 Å². The van der Waals surface area contributed by atoms with Gasteiger partial charge in [-0.05, 0) is 64.8 Å². The highest BCUT2D eigenvalue weighted by Gasteiger charge is 2.40. The predicted octanol–water partition coefficient (Wildman–Crippen LogP) is 6.38. The number of H-pyrrole nitrogens is 1. The molecule has 0 atom stereocenters. The number of nitrogens with one attached hydrogen (secondary N) is 1. The zero-order chi connectivity index (χ0) is 27.7. The summed E-state index contributed by atoms with van der Waals surface area (Å²) in [6, 6.07) is 11.2. The van der Waals surface area contributed by atoms with E-state index in [1.807, 2.05) is 0 Å². The molecule has 1 saturated carbocycles. The second-order valence-corrected chi connectivity index (χ2v) is 9.10. The van der Waals surface area contributed by atoms with Crippen molar-refractivity contribution < 1.29 is 32.2 Å². The molecule has 200 valence electrons. The van der Waals surface area contributed by atoms with Gasteiger partial charge in [-0.25, -0.2) is 9.78 Å². The van der Waals surface area contributed by atoms with Gasteiger partial charge in [0, 0.05) is 17.8 Å². The summed E-state index contributed by atoms with van der Waals surface area (Å²) in [5.41, 5.74) is 1.59. The summed E-state index contributed by atoms with van der Waals surface area (Å²) < 4.78 is 62.3. The maximum Gasteiger partial charge on any atom is 0.434 e. The van der Waals surface area contributed by atoms with Crippen molar-refractivity contribution in [3.63, 3.8) is 0 Å². The molecule has 2 heterocycles. The van der Waals surface area contributed by atoms with E-state index in [4.69, 9.17) is 9.84 Å². The minimum Gasteiger partial charge on any atom is -0.478 e. The molecule has 0 radical (unpaired) electrons. The van der Waals surface area contributed by atoms with Crippen LogP contribution < -0.4 is 4.74 Å². The van der Waals surface area contributed by atoms with Crippen LogP contribution in [0.5, 0.6) is 6.01 Å². The van der Waals surface area contributed by atoms with Gasteiger partial charge in [-0.2, -0.15) is 27.6 Å². The van der Waals surface area contributed by atoms with Gasteiger partial charge >= 0.3 is 18.2 Å². The van der Waals surface area contributed by atoms with Crippen molar-refractivity contribution in [2.75, 3.05) is 7.11 Å². The number of alkyl halides is 3. The van der Waals surface area contributed by atoms with Crippen LogP contribution in [0.2, 0.25) is 0 Å². The molecule has 1 fully saturated rings. The summed E-state index contributed by atoms with van der Waals surface area (Å²) in [5.74, 6) is -1.99. The Morgan fingerprint density at radius 2 is 1.85 bits per heavy atom. The van der Waals surface area contributed by atoms with Gasteiger partial charge < -0.3 is 9.84 Å². The van der Waals surface area contributed by atoms with Gasteiger partial charge in [-0.15, -0.1) is 0 Å². The van der Waals surface area contributed by atoms with Crippen LogP contribution in [0.3, 0.4) is 0 Å². The molecule has 2 N–H and O–H groups in total. The molecular weight excluding hydrogens is 516 g/mol. The molecule has 2 aromatic carbocycles. The van der Waals surface area contributed by atoms with Crippen LogP contribution in [0.15, 0.2) is 54.7 Å². The summed E-state index contributed by atoms with van der Waals surface area (Å²) in [6.07, 6.45) is 0.892. The van der Waals surface area contributed by atoms with Gasteiger partial charge in [-0.1, -0.05) is 36.8 Å². The van der Waals surface area contributed by atoms with Gasteiger partial charge in [0.15, 0.2) is 5.69 Å². The average molecular weight is 539 g/mol. The zero-order valence-corrected chi connectivity index (χ0v) is 20.6. The first kappa shape index (κ1) is 26.1. The number of fused-ring (bicyclic) bond motifs is 1. The molecule has 1 aliphatic rings. The minimum absolute atomic E-state index is 0.175. The van der Waals surface area contributed by atoms with Crippen molar-refractivity contribution in [2.45, 2.75) is 25.4 Å². The number of rotatable bonds is 7. The molecule has 1 aliphatic carbocycles. The van der Waals surface area contributed by atoms with Crippen molar-refractivity contribution in [3.05, 3.63) is 88.6 Å². The number of ether oxygens (including phenoxy) is 1. The number of aliphatic carboxylic acids is 1. The normalized spacial score (nSPS) is 14.9. The van der Waals surface area contributed by atoms with E-state index in [9.17, 15) is 22.4 Å². The van der Waals surface area contributed by atoms with E-state index >= 15 is 0 Å². The topological polar surface area (TPSA) is 101 Å². The summed E-state index contributed by atoms with van der Waals surface area (Å²) in [5, 5.41) is 15.3. The maximum absolute atomic E-state index is 14.5. The number of benzene rings is 2. The number of aromatic amines is 1. The van der Waals surface area contributed by atoms with Gasteiger partial charge in [-0.3, -0.25) is 5.10 Å². The van der Waals surface area contributed by atoms with Crippen LogP contribution in [-0.4, -0.2) is 38.4 Å². The first-order chi connectivity index (χ1) is 18.7. The molecule has 2 aromatic heterocycles. The fraction of sp³-hybridized carbons (Fsp3) is 0.214. The summed E-state index contributed by atoms with van der Waals surface area (Å²) >= 11 is 0. The Kier molecular flexibility index (Phi) is 6.90. The van der Waals surface area contributed by atoms with Crippen molar-refractivity contribution in [3.8, 4) is 6.01 Å². The van der Waals surface area contributed by atoms with Gasteiger partial charge in [0.25, 0.3) is 0 Å². The van der Waals surface area contributed by atoms with Crippen molar-refractivity contribution in [1.29, 1.82) is 0 Å². The quantitative estimate of drug-likeness (QED) is 0.209. The van der Waals surface area contributed by atoms with Crippen LogP contribution in [0.4, 0.5) is 17.6 Å². The third-order valence-corrected chi connectivity index (χ3v) is 6.70. The van der Waals surface area contributed by atoms with E-state index in [0.29, 0.717) is 46.2 Å². The first-order valence-electron chi connectivity index (χ1n) is 12.0. The molecule has 0 bridgehead atoms. The smallest absolute Gasteiger partial charge is 0.434 e.